The largest absolute Gasteiger partial charge is 0.417 e. The summed E-state index contributed by atoms with van der Waals surface area (Å²) in [4.78, 5) is 14.4. The van der Waals surface area contributed by atoms with Crippen LogP contribution in [-0.2, 0) is 25.7 Å². The molecule has 37 heavy (non-hydrogen) atoms. The van der Waals surface area contributed by atoms with Crippen LogP contribution in [0.5, 0.6) is 0 Å². The van der Waals surface area contributed by atoms with Gasteiger partial charge in [-0.25, -0.2) is 12.7 Å². The molecule has 1 atom stereocenters. The fraction of sp³-hybridized carbons (Fsp3) is 0.227. The Bertz CT molecular complexity index is 1420. The Morgan fingerprint density at radius 3 is 2.41 bits per heavy atom. The minimum Gasteiger partial charge on any atom is -0.370 e. The van der Waals surface area contributed by atoms with Crippen molar-refractivity contribution in [1.82, 2.24) is 4.98 Å². The van der Waals surface area contributed by atoms with Crippen molar-refractivity contribution in [3.05, 3.63) is 91.7 Å². The van der Waals surface area contributed by atoms with Gasteiger partial charge in [0.1, 0.15) is 12.8 Å². The van der Waals surface area contributed by atoms with Gasteiger partial charge in [0, 0.05) is 26.5 Å². The van der Waals surface area contributed by atoms with Crippen LogP contribution in [0.2, 0.25) is 10.0 Å². The van der Waals surface area contributed by atoms with Crippen LogP contribution in [0.1, 0.15) is 22.9 Å². The summed E-state index contributed by atoms with van der Waals surface area (Å²) in [6.07, 6.45) is -5.02. The van der Waals surface area contributed by atoms with E-state index in [0.29, 0.717) is 10.4 Å². The van der Waals surface area contributed by atoms with Crippen molar-refractivity contribution >= 4 is 44.6 Å². The predicted molar refractivity (Wildman–Crippen MR) is 129 cm³/mol. The summed E-state index contributed by atoms with van der Waals surface area (Å²) in [6.45, 7) is -0.672. The Morgan fingerprint density at radius 2 is 1.81 bits per heavy atom. The molecular weight excluding hydrogens is 562 g/mol. The average molecular weight is 580 g/mol. The summed E-state index contributed by atoms with van der Waals surface area (Å²) in [5, 5.41) is 10.9. The maximum atomic E-state index is 13.6. The number of hydrogen-bond acceptors (Lipinski definition) is 7. The van der Waals surface area contributed by atoms with Crippen LogP contribution in [0.3, 0.4) is 0 Å². The maximum Gasteiger partial charge on any atom is 0.417 e. The number of nitro groups is 1. The van der Waals surface area contributed by atoms with Crippen LogP contribution < -0.4 is 4.31 Å². The number of nitrogens with zero attached hydrogens (tertiary/aromatic N) is 3. The van der Waals surface area contributed by atoms with E-state index in [1.54, 1.807) is 0 Å². The molecule has 0 aliphatic heterocycles. The van der Waals surface area contributed by atoms with E-state index < -0.39 is 49.4 Å². The van der Waals surface area contributed by atoms with Crippen LogP contribution in [0.15, 0.2) is 59.6 Å². The highest BCUT2D eigenvalue weighted by Crippen LogP contribution is 2.40. The first-order chi connectivity index (χ1) is 17.3. The van der Waals surface area contributed by atoms with Crippen LogP contribution in [0.25, 0.3) is 0 Å². The zero-order valence-corrected chi connectivity index (χ0v) is 21.4. The highest BCUT2D eigenvalue weighted by molar-refractivity contribution is 7.92. The van der Waals surface area contributed by atoms with Gasteiger partial charge in [0.25, 0.3) is 15.7 Å². The summed E-state index contributed by atoms with van der Waals surface area (Å²) in [5.74, 6) is 0. The average Bonchev–Trinajstić information content (AvgIpc) is 2.83. The Morgan fingerprint density at radius 1 is 1.14 bits per heavy atom. The zero-order valence-electron chi connectivity index (χ0n) is 19.1. The lowest BCUT2D eigenvalue weighted by Gasteiger charge is -2.28. The number of alkyl halides is 3. The number of hydrogen-bond donors (Lipinski definition) is 0. The first kappa shape index (κ1) is 28.6. The predicted octanol–water partition coefficient (Wildman–Crippen LogP) is 5.85. The molecule has 15 heteroatoms. The second kappa shape index (κ2) is 11.2. The Kier molecular flexibility index (Phi) is 8.65. The lowest BCUT2D eigenvalue weighted by molar-refractivity contribution is -0.386. The molecule has 3 rings (SSSR count). The number of aromatic nitrogens is 1. The molecule has 0 saturated carbocycles. The SMILES string of the molecule is COCN(c1cc(Cl)cnc1C(OC)c1ccccc1[N+](=O)[O-])S(=O)(=O)c1ccc(Cl)c(C(F)(F)F)c1. The van der Waals surface area contributed by atoms with Crippen LogP contribution in [-0.4, -0.2) is 39.3 Å². The van der Waals surface area contributed by atoms with E-state index in [1.807, 2.05) is 0 Å². The van der Waals surface area contributed by atoms with E-state index in [2.05, 4.69) is 4.98 Å². The molecule has 0 fully saturated rings. The van der Waals surface area contributed by atoms with E-state index in [1.165, 1.54) is 50.7 Å². The van der Waals surface area contributed by atoms with Crippen molar-refractivity contribution in [1.29, 1.82) is 0 Å². The van der Waals surface area contributed by atoms with Crippen molar-refractivity contribution in [3.63, 3.8) is 0 Å². The monoisotopic (exact) mass is 579 g/mol. The van der Waals surface area contributed by atoms with Crippen LogP contribution in [0, 0.1) is 10.1 Å². The molecule has 0 aliphatic rings. The number of pyridine rings is 1. The lowest BCUT2D eigenvalue weighted by atomic mass is 10.0. The molecule has 0 aliphatic carbocycles. The molecule has 1 unspecified atom stereocenters. The molecule has 1 heterocycles. The van der Waals surface area contributed by atoms with Gasteiger partial charge in [-0.2, -0.15) is 13.2 Å². The molecule has 0 amide bonds. The molecule has 2 aromatic carbocycles. The van der Waals surface area contributed by atoms with Crippen molar-refractivity contribution in [2.24, 2.45) is 0 Å². The quantitative estimate of drug-likeness (QED) is 0.177. The topological polar surface area (TPSA) is 112 Å². The molecule has 0 radical (unpaired) electrons. The number of methoxy groups -OCH3 is 2. The van der Waals surface area contributed by atoms with E-state index in [0.717, 1.165) is 12.1 Å². The lowest BCUT2D eigenvalue weighted by Crippen LogP contribution is -2.34. The molecule has 9 nitrogen and oxygen atoms in total. The van der Waals surface area contributed by atoms with Crippen LogP contribution in [0.4, 0.5) is 24.5 Å². The van der Waals surface area contributed by atoms with Gasteiger partial charge in [-0.15, -0.1) is 0 Å². The number of anilines is 1. The number of rotatable bonds is 9. The number of halogens is 5. The smallest absolute Gasteiger partial charge is 0.370 e. The molecule has 0 N–H and O–H groups in total. The standard InChI is InChI=1S/C22H18Cl2F3N3O6S/c1-35-12-29(37(33,34)14-7-8-17(24)16(10-14)22(25,26)27)19-9-13(23)11-28-20(19)21(36-2)15-5-3-4-6-18(15)30(31)32/h3-11,21H,12H2,1-2H3. The third-order valence-corrected chi connectivity index (χ3v) is 7.38. The molecule has 3 aromatic rings. The van der Waals surface area contributed by atoms with Gasteiger partial charge in [-0.3, -0.25) is 15.1 Å². The Hall–Kier alpha value is -2.97. The van der Waals surface area contributed by atoms with E-state index in [-0.39, 0.29) is 27.7 Å². The van der Waals surface area contributed by atoms with Gasteiger partial charge in [-0.1, -0.05) is 35.3 Å². The number of benzene rings is 2. The maximum absolute atomic E-state index is 13.6. The van der Waals surface area contributed by atoms with Gasteiger partial charge in [0.2, 0.25) is 0 Å². The van der Waals surface area contributed by atoms with Gasteiger partial charge in [0.15, 0.2) is 0 Å². The summed E-state index contributed by atoms with van der Waals surface area (Å²) >= 11 is 11.7. The van der Waals surface area contributed by atoms with Crippen LogP contribution >= 0.6 is 23.2 Å². The second-order valence-corrected chi connectivity index (χ2v) is 10.1. The fourth-order valence-corrected chi connectivity index (χ4v) is 5.28. The first-order valence-corrected chi connectivity index (χ1v) is 12.3. The van der Waals surface area contributed by atoms with Gasteiger partial charge < -0.3 is 9.47 Å². The number of para-hydroxylation sites is 1. The van der Waals surface area contributed by atoms with Crippen molar-refractivity contribution in [2.45, 2.75) is 17.2 Å². The van der Waals surface area contributed by atoms with Gasteiger partial charge >= 0.3 is 6.18 Å². The summed E-state index contributed by atoms with van der Waals surface area (Å²) in [7, 11) is -2.35. The normalized spacial score (nSPS) is 12.8. The summed E-state index contributed by atoms with van der Waals surface area (Å²) in [6, 6.07) is 8.87. The van der Waals surface area contributed by atoms with Gasteiger partial charge in [0.05, 0.1) is 42.4 Å². The fourth-order valence-electron chi connectivity index (χ4n) is 3.50. The highest BCUT2D eigenvalue weighted by atomic mass is 35.5. The molecular formula is C22H18Cl2F3N3O6S. The summed E-state index contributed by atoms with van der Waals surface area (Å²) in [5.41, 5.74) is -1.99. The van der Waals surface area contributed by atoms with E-state index in [9.17, 15) is 31.7 Å². The minimum absolute atomic E-state index is 0.0282. The Balaban J connectivity index is 2.26. The minimum atomic E-state index is -4.93. The van der Waals surface area contributed by atoms with Gasteiger partial charge in [-0.05, 0) is 30.3 Å². The zero-order chi connectivity index (χ0) is 27.5. The highest BCUT2D eigenvalue weighted by Gasteiger charge is 2.37. The third kappa shape index (κ3) is 5.96. The summed E-state index contributed by atoms with van der Waals surface area (Å²) < 4.78 is 78.7. The molecule has 1 aromatic heterocycles. The molecule has 0 bridgehead atoms. The molecule has 0 saturated heterocycles. The first-order valence-electron chi connectivity index (χ1n) is 10.1. The molecule has 0 spiro atoms. The van der Waals surface area contributed by atoms with Crippen molar-refractivity contribution < 1.29 is 36.0 Å². The van der Waals surface area contributed by atoms with E-state index >= 15 is 0 Å². The van der Waals surface area contributed by atoms with E-state index in [4.69, 9.17) is 32.7 Å². The van der Waals surface area contributed by atoms with Crippen molar-refractivity contribution in [2.75, 3.05) is 25.3 Å². The number of ether oxygens (including phenoxy) is 2. The molecule has 198 valence electrons. The second-order valence-electron chi connectivity index (χ2n) is 7.40. The third-order valence-electron chi connectivity index (χ3n) is 5.11. The van der Waals surface area contributed by atoms with Crippen molar-refractivity contribution in [3.8, 4) is 0 Å². The Labute approximate surface area is 219 Å². The number of nitro benzene ring substituents is 1. The number of sulfonamides is 1.